The molecule has 0 radical (unpaired) electrons. The van der Waals surface area contributed by atoms with Gasteiger partial charge < -0.3 is 15.2 Å². The van der Waals surface area contributed by atoms with Crippen LogP contribution in [0.1, 0.15) is 10.4 Å². The van der Waals surface area contributed by atoms with E-state index in [-0.39, 0.29) is 5.12 Å². The summed E-state index contributed by atoms with van der Waals surface area (Å²) in [5.74, 6) is -0.615. The number of nitrogens with one attached hydrogen (secondary N) is 2. The van der Waals surface area contributed by atoms with Crippen molar-refractivity contribution >= 4 is 28.1 Å². The van der Waals surface area contributed by atoms with Gasteiger partial charge >= 0.3 is 0 Å². The molecule has 0 aliphatic carbocycles. The summed E-state index contributed by atoms with van der Waals surface area (Å²) in [6.45, 7) is 1.62. The number of carbonyl (C=O) groups excluding carboxylic acids is 1. The third-order valence-electron chi connectivity index (χ3n) is 4.51. The molecule has 0 fully saturated rings. The van der Waals surface area contributed by atoms with Crippen LogP contribution >= 0.6 is 0 Å². The number of anilines is 2. The molecule has 128 valence electrons. The molecule has 0 atom stereocenters. The highest BCUT2D eigenvalue weighted by atomic mass is 19.2. The van der Waals surface area contributed by atoms with E-state index in [0.717, 1.165) is 29.9 Å². The minimum Gasteiger partial charge on any atom is -0.383 e. The molecule has 0 unspecified atom stereocenters. The van der Waals surface area contributed by atoms with Gasteiger partial charge in [-0.25, -0.2) is 0 Å². The second-order valence-electron chi connectivity index (χ2n) is 6.45. The number of H-pyrrole nitrogens is 1. The van der Waals surface area contributed by atoms with Gasteiger partial charge in [0.15, 0.2) is 0 Å². The zero-order valence-corrected chi connectivity index (χ0v) is 14.1. The van der Waals surface area contributed by atoms with Crippen LogP contribution in [0.2, 0.25) is 0 Å². The van der Waals surface area contributed by atoms with Gasteiger partial charge in [0.25, 0.3) is 5.91 Å². The molecule has 6 heteroatoms. The lowest BCUT2D eigenvalue weighted by atomic mass is 9.96. The number of nitrogens with zero attached hydrogens (tertiary/aromatic N) is 2. The van der Waals surface area contributed by atoms with Crippen LogP contribution in [0.15, 0.2) is 42.6 Å². The second kappa shape index (κ2) is 5.89. The fourth-order valence-corrected chi connectivity index (χ4v) is 3.32. The van der Waals surface area contributed by atoms with E-state index in [1.54, 1.807) is 18.3 Å². The molecule has 0 spiro atoms. The summed E-state index contributed by atoms with van der Waals surface area (Å²) >= 11 is 0. The lowest BCUT2D eigenvalue weighted by Gasteiger charge is -2.15. The zero-order chi connectivity index (χ0) is 17.6. The quantitative estimate of drug-likeness (QED) is 0.698. The van der Waals surface area contributed by atoms with E-state index in [1.807, 2.05) is 38.4 Å². The average molecular weight is 338 g/mol. The Balaban J connectivity index is 1.93. The van der Waals surface area contributed by atoms with Crippen molar-refractivity contribution in [2.45, 2.75) is 0 Å². The number of carbonyl (C=O) groups is 1. The summed E-state index contributed by atoms with van der Waals surface area (Å²) in [6, 6.07) is 11.0. The smallest absolute Gasteiger partial charge is 0.287 e. The molecular formula is C19H19FN4O. The van der Waals surface area contributed by atoms with Crippen molar-refractivity contribution in [3.63, 3.8) is 0 Å². The normalized spacial score (nSPS) is 13.3. The first-order valence-corrected chi connectivity index (χ1v) is 8.20. The third-order valence-corrected chi connectivity index (χ3v) is 4.51. The largest absolute Gasteiger partial charge is 0.383 e. The van der Waals surface area contributed by atoms with Gasteiger partial charge in [-0.15, -0.1) is 5.12 Å². The molecule has 2 aromatic carbocycles. The van der Waals surface area contributed by atoms with Crippen molar-refractivity contribution in [2.75, 3.05) is 37.6 Å². The summed E-state index contributed by atoms with van der Waals surface area (Å²) in [7, 11) is 4.03. The van der Waals surface area contributed by atoms with Gasteiger partial charge in [-0.2, -0.15) is 0 Å². The number of hydrogen-bond donors (Lipinski definition) is 2. The number of benzene rings is 2. The first kappa shape index (κ1) is 15.7. The predicted octanol–water partition coefficient (Wildman–Crippen LogP) is 3.65. The van der Waals surface area contributed by atoms with Crippen molar-refractivity contribution in [1.29, 1.82) is 0 Å². The number of rotatable bonds is 5. The molecule has 1 aromatic heterocycles. The third kappa shape index (κ3) is 2.46. The second-order valence-corrected chi connectivity index (χ2v) is 6.45. The van der Waals surface area contributed by atoms with Crippen molar-refractivity contribution in [1.82, 2.24) is 9.88 Å². The highest BCUT2D eigenvalue weighted by Crippen LogP contribution is 2.45. The molecular weight excluding hydrogens is 319 g/mol. The topological polar surface area (TPSA) is 51.4 Å². The molecule has 1 aliphatic heterocycles. The Morgan fingerprint density at radius 1 is 1.24 bits per heavy atom. The molecule has 25 heavy (non-hydrogen) atoms. The van der Waals surface area contributed by atoms with Crippen LogP contribution in [-0.2, 0) is 0 Å². The lowest BCUT2D eigenvalue weighted by Crippen LogP contribution is -2.21. The Kier molecular flexibility index (Phi) is 3.69. The highest BCUT2D eigenvalue weighted by Gasteiger charge is 2.34. The van der Waals surface area contributed by atoms with Crippen molar-refractivity contribution in [3.05, 3.63) is 48.2 Å². The van der Waals surface area contributed by atoms with Crippen LogP contribution in [0, 0.1) is 0 Å². The van der Waals surface area contributed by atoms with Crippen LogP contribution in [0.3, 0.4) is 0 Å². The minimum atomic E-state index is -0.615. The van der Waals surface area contributed by atoms with E-state index >= 15 is 0 Å². The van der Waals surface area contributed by atoms with E-state index < -0.39 is 5.91 Å². The molecule has 2 N–H and O–H groups in total. The van der Waals surface area contributed by atoms with E-state index in [2.05, 4.69) is 15.2 Å². The van der Waals surface area contributed by atoms with Gasteiger partial charge in [0.1, 0.15) is 0 Å². The Labute approximate surface area is 145 Å². The predicted molar refractivity (Wildman–Crippen MR) is 98.7 cm³/mol. The molecule has 0 bridgehead atoms. The van der Waals surface area contributed by atoms with E-state index in [4.69, 9.17) is 0 Å². The maximum absolute atomic E-state index is 14.4. The van der Waals surface area contributed by atoms with Crippen LogP contribution in [0.25, 0.3) is 22.0 Å². The van der Waals surface area contributed by atoms with Crippen LogP contribution < -0.4 is 10.4 Å². The average Bonchev–Trinajstić information content (AvgIpc) is 3.21. The van der Waals surface area contributed by atoms with Crippen LogP contribution in [0.5, 0.6) is 0 Å². The fraction of sp³-hybridized carbons (Fsp3) is 0.211. The first-order chi connectivity index (χ1) is 12.1. The fourth-order valence-electron chi connectivity index (χ4n) is 3.32. The summed E-state index contributed by atoms with van der Waals surface area (Å²) in [5, 5.41) is 5.19. The number of likely N-dealkylation sites (N-methyl/N-ethyl adjacent to an activating group) is 1. The van der Waals surface area contributed by atoms with E-state index in [1.165, 1.54) is 0 Å². The number of aromatic amines is 1. The van der Waals surface area contributed by atoms with Crippen molar-refractivity contribution in [2.24, 2.45) is 0 Å². The molecule has 1 amide bonds. The van der Waals surface area contributed by atoms with Crippen LogP contribution in [-0.4, -0.2) is 43.0 Å². The Morgan fingerprint density at radius 2 is 2.08 bits per heavy atom. The van der Waals surface area contributed by atoms with Gasteiger partial charge in [-0.05, 0) is 38.4 Å². The molecule has 0 saturated carbocycles. The molecule has 5 nitrogen and oxygen atoms in total. The van der Waals surface area contributed by atoms with E-state index in [0.29, 0.717) is 22.2 Å². The molecule has 3 aromatic rings. The summed E-state index contributed by atoms with van der Waals surface area (Å²) in [4.78, 5) is 17.7. The number of halogens is 1. The van der Waals surface area contributed by atoms with Gasteiger partial charge in [-0.3, -0.25) is 4.79 Å². The highest BCUT2D eigenvalue weighted by molar-refractivity contribution is 6.28. The van der Waals surface area contributed by atoms with Gasteiger partial charge in [0.05, 0.1) is 11.3 Å². The lowest BCUT2D eigenvalue weighted by molar-refractivity contribution is 0.0940. The summed E-state index contributed by atoms with van der Waals surface area (Å²) in [5.41, 5.74) is 3.12. The maximum atomic E-state index is 14.4. The number of amides is 1. The van der Waals surface area contributed by atoms with Gasteiger partial charge in [0.2, 0.25) is 0 Å². The SMILES string of the molecule is CN(C)CCNc1cc(-c2ccc[nH]2)c2c3c(cccc13)N(F)C2=O. The molecule has 2 heterocycles. The maximum Gasteiger partial charge on any atom is 0.287 e. The van der Waals surface area contributed by atoms with Crippen molar-refractivity contribution < 1.29 is 9.28 Å². The molecule has 0 saturated heterocycles. The Hall–Kier alpha value is -2.86. The number of aromatic nitrogens is 1. The monoisotopic (exact) mass is 338 g/mol. The van der Waals surface area contributed by atoms with Gasteiger partial charge in [-0.1, -0.05) is 16.6 Å². The van der Waals surface area contributed by atoms with Crippen LogP contribution in [0.4, 0.5) is 15.9 Å². The zero-order valence-electron chi connectivity index (χ0n) is 14.1. The Morgan fingerprint density at radius 3 is 2.80 bits per heavy atom. The van der Waals surface area contributed by atoms with E-state index in [9.17, 15) is 9.28 Å². The number of hydrogen-bond acceptors (Lipinski definition) is 3. The molecule has 1 aliphatic rings. The Bertz CT molecular complexity index is 950. The van der Waals surface area contributed by atoms with Gasteiger partial charge in [0, 0.05) is 47.0 Å². The summed E-state index contributed by atoms with van der Waals surface area (Å²) in [6.07, 6.45) is 1.80. The molecule has 4 rings (SSSR count). The van der Waals surface area contributed by atoms with Crippen molar-refractivity contribution in [3.8, 4) is 11.3 Å². The minimum absolute atomic E-state index is 0.244. The standard InChI is InChI=1S/C19H19FN4O/c1-23(2)10-9-22-15-11-13(14-6-4-8-21-14)18-17-12(15)5-3-7-16(17)24(20)19(18)25/h3-8,11,21-22H,9-10H2,1-2H3. The first-order valence-electron chi connectivity index (χ1n) is 8.20. The summed E-state index contributed by atoms with van der Waals surface area (Å²) < 4.78 is 14.4.